The summed E-state index contributed by atoms with van der Waals surface area (Å²) < 4.78 is 0. The Morgan fingerprint density at radius 3 is 2.35 bits per heavy atom. The number of rotatable bonds is 6. The Balaban J connectivity index is 0.00000408. The van der Waals surface area contributed by atoms with E-state index < -0.39 is 36.2 Å². The van der Waals surface area contributed by atoms with Gasteiger partial charge in [0.25, 0.3) is 5.91 Å². The first-order chi connectivity index (χ1) is 15.6. The molecule has 0 saturated heterocycles. The van der Waals surface area contributed by atoms with E-state index in [1.807, 2.05) is 0 Å². The third-order valence-corrected chi connectivity index (χ3v) is 5.44. The number of carbonyl (C=O) groups excluding carboxylic acids is 4. The van der Waals surface area contributed by atoms with Crippen LogP contribution < -0.4 is 44.9 Å². The van der Waals surface area contributed by atoms with Gasteiger partial charge in [0.2, 0.25) is 0 Å². The van der Waals surface area contributed by atoms with Crippen molar-refractivity contribution in [2.45, 2.75) is 19.4 Å². The molecular weight excluding hydrogens is 492 g/mol. The van der Waals surface area contributed by atoms with Crippen LogP contribution in [0.25, 0.3) is 11.1 Å². The number of Topliss-reactive ketones (excluding diaryl/α,β-unsaturated/α-hetero) is 1. The summed E-state index contributed by atoms with van der Waals surface area (Å²) in [5.41, 5.74) is 1.86. The van der Waals surface area contributed by atoms with Crippen LogP contribution in [-0.2, 0) is 14.4 Å². The van der Waals surface area contributed by atoms with E-state index in [2.05, 4.69) is 5.32 Å². The summed E-state index contributed by atoms with van der Waals surface area (Å²) in [6.07, 6.45) is 0.976. The molecule has 8 nitrogen and oxygen atoms in total. The summed E-state index contributed by atoms with van der Waals surface area (Å²) in [7, 11) is 1.49. The van der Waals surface area contributed by atoms with Gasteiger partial charge in [-0.05, 0) is 48.4 Å². The molecule has 2 aromatic rings. The quantitative estimate of drug-likeness (QED) is 0.420. The van der Waals surface area contributed by atoms with Crippen LogP contribution in [0.1, 0.15) is 13.3 Å². The molecule has 1 aliphatic rings. The SMILES string of the molecule is CC1=CN(C)C(=O)C(N(C(=O)NCCC(=O)[O-])c2cccc(-c3cc(Cl)cc(Cl)c3)c2)C1=O.[Na+]. The average molecular weight is 512 g/mol. The van der Waals surface area contributed by atoms with Crippen molar-refractivity contribution < 1.29 is 53.8 Å². The normalized spacial score (nSPS) is 15.4. The topological polar surface area (TPSA) is 110 Å². The number of ketones is 1. The van der Waals surface area contributed by atoms with Crippen LogP contribution in [0.4, 0.5) is 10.5 Å². The van der Waals surface area contributed by atoms with E-state index in [1.54, 1.807) is 49.4 Å². The predicted octanol–water partition coefficient (Wildman–Crippen LogP) is -0.366. The summed E-state index contributed by atoms with van der Waals surface area (Å²) in [6.45, 7) is 1.32. The number of amides is 3. The van der Waals surface area contributed by atoms with Crippen molar-refractivity contribution in [3.63, 3.8) is 0 Å². The maximum atomic E-state index is 13.1. The van der Waals surface area contributed by atoms with Crippen molar-refractivity contribution >= 4 is 52.6 Å². The zero-order chi connectivity index (χ0) is 24.3. The van der Waals surface area contributed by atoms with Gasteiger partial charge in [-0.15, -0.1) is 0 Å². The van der Waals surface area contributed by atoms with Crippen molar-refractivity contribution in [3.05, 3.63) is 64.3 Å². The van der Waals surface area contributed by atoms with Gasteiger partial charge < -0.3 is 20.1 Å². The first-order valence-electron chi connectivity index (χ1n) is 9.91. The largest absolute Gasteiger partial charge is 1.00 e. The van der Waals surface area contributed by atoms with E-state index in [0.29, 0.717) is 26.7 Å². The summed E-state index contributed by atoms with van der Waals surface area (Å²) in [5.74, 6) is -2.48. The third kappa shape index (κ3) is 6.40. The average Bonchev–Trinajstić information content (AvgIpc) is 2.74. The molecule has 2 aromatic carbocycles. The molecule has 0 aliphatic carbocycles. The first kappa shape index (κ1) is 27.9. The molecule has 0 spiro atoms. The van der Waals surface area contributed by atoms with Crippen molar-refractivity contribution in [2.24, 2.45) is 0 Å². The van der Waals surface area contributed by atoms with Crippen molar-refractivity contribution in [3.8, 4) is 11.1 Å². The van der Waals surface area contributed by atoms with Crippen molar-refractivity contribution in [1.82, 2.24) is 10.2 Å². The molecule has 11 heteroatoms. The maximum Gasteiger partial charge on any atom is 1.00 e. The summed E-state index contributed by atoms with van der Waals surface area (Å²) in [5, 5.41) is 14.0. The van der Waals surface area contributed by atoms with Crippen LogP contribution >= 0.6 is 23.2 Å². The van der Waals surface area contributed by atoms with Gasteiger partial charge in [-0.2, -0.15) is 0 Å². The molecule has 1 heterocycles. The van der Waals surface area contributed by atoms with Gasteiger partial charge in [-0.3, -0.25) is 14.5 Å². The van der Waals surface area contributed by atoms with Crippen LogP contribution in [0, 0.1) is 0 Å². The number of urea groups is 1. The zero-order valence-electron chi connectivity index (χ0n) is 18.8. The van der Waals surface area contributed by atoms with Gasteiger partial charge >= 0.3 is 35.6 Å². The molecular formula is C23H20Cl2N3NaO5. The minimum Gasteiger partial charge on any atom is -0.550 e. The van der Waals surface area contributed by atoms with Gasteiger partial charge in [0.15, 0.2) is 11.8 Å². The molecule has 0 radical (unpaired) electrons. The molecule has 172 valence electrons. The molecule has 1 atom stereocenters. The van der Waals surface area contributed by atoms with Gasteiger partial charge in [-0.1, -0.05) is 35.3 Å². The maximum absolute atomic E-state index is 13.1. The molecule has 0 saturated carbocycles. The Bertz CT molecular complexity index is 1150. The van der Waals surface area contributed by atoms with Gasteiger partial charge in [0.1, 0.15) is 0 Å². The number of carbonyl (C=O) groups is 4. The standard InChI is InChI=1S/C23H21Cl2N3O5.Na/c1-13-12-27(2)22(32)20(21(13)31)28(23(33)26-7-6-19(29)30)18-5-3-4-14(10-18)15-8-16(24)11-17(25)9-15;/h3-5,8-12,20H,6-7H2,1-2H3,(H,26,33)(H,29,30);/q;+1/p-1. The van der Waals surface area contributed by atoms with Gasteiger partial charge in [0, 0.05) is 53.5 Å². The molecule has 1 N–H and O–H groups in total. The van der Waals surface area contributed by atoms with Gasteiger partial charge in [0.05, 0.1) is 0 Å². The van der Waals surface area contributed by atoms with Crippen molar-refractivity contribution in [2.75, 3.05) is 18.5 Å². The fourth-order valence-corrected chi connectivity index (χ4v) is 3.99. The molecule has 3 rings (SSSR count). The Kier molecular flexibility index (Phi) is 9.73. The molecule has 0 bridgehead atoms. The molecule has 1 aliphatic heterocycles. The summed E-state index contributed by atoms with van der Waals surface area (Å²) >= 11 is 12.2. The fraction of sp³-hybridized carbons (Fsp3) is 0.217. The van der Waals surface area contributed by atoms with E-state index in [-0.39, 0.29) is 41.8 Å². The zero-order valence-corrected chi connectivity index (χ0v) is 22.3. The van der Waals surface area contributed by atoms with E-state index in [9.17, 15) is 24.3 Å². The number of anilines is 1. The van der Waals surface area contributed by atoms with Crippen molar-refractivity contribution in [1.29, 1.82) is 0 Å². The second-order valence-corrected chi connectivity index (χ2v) is 8.33. The van der Waals surface area contributed by atoms with Crippen LogP contribution in [-0.4, -0.2) is 48.2 Å². The summed E-state index contributed by atoms with van der Waals surface area (Å²) in [6, 6.07) is 9.32. The number of nitrogens with zero attached hydrogens (tertiary/aromatic N) is 2. The third-order valence-electron chi connectivity index (χ3n) is 5.01. The van der Waals surface area contributed by atoms with Crippen LogP contribution in [0.3, 0.4) is 0 Å². The van der Waals surface area contributed by atoms with E-state index >= 15 is 0 Å². The summed E-state index contributed by atoms with van der Waals surface area (Å²) in [4.78, 5) is 52.0. The molecule has 0 aromatic heterocycles. The number of hydrogen-bond donors (Lipinski definition) is 1. The molecule has 1 unspecified atom stereocenters. The monoisotopic (exact) mass is 511 g/mol. The second-order valence-electron chi connectivity index (χ2n) is 7.46. The molecule has 34 heavy (non-hydrogen) atoms. The Morgan fingerprint density at radius 1 is 1.09 bits per heavy atom. The Morgan fingerprint density at radius 2 is 1.74 bits per heavy atom. The smallest absolute Gasteiger partial charge is 0.550 e. The number of halogens is 2. The number of benzene rings is 2. The predicted molar refractivity (Wildman–Crippen MR) is 123 cm³/mol. The minimum atomic E-state index is -1.46. The number of hydrogen-bond acceptors (Lipinski definition) is 5. The van der Waals surface area contributed by atoms with Crippen LogP contribution in [0.2, 0.25) is 10.0 Å². The fourth-order valence-electron chi connectivity index (χ4n) is 3.46. The van der Waals surface area contributed by atoms with Crippen LogP contribution in [0.15, 0.2) is 54.2 Å². The first-order valence-corrected chi connectivity index (χ1v) is 10.7. The van der Waals surface area contributed by atoms with E-state index in [1.165, 1.54) is 18.1 Å². The number of carboxylic acids is 1. The number of aliphatic carboxylic acids is 1. The van der Waals surface area contributed by atoms with E-state index in [4.69, 9.17) is 23.2 Å². The number of likely N-dealkylation sites (N-methyl/N-ethyl adjacent to an activating group) is 1. The van der Waals surface area contributed by atoms with Gasteiger partial charge in [-0.25, -0.2) is 4.79 Å². The van der Waals surface area contributed by atoms with Crippen LogP contribution in [0.5, 0.6) is 0 Å². The molecule has 0 fully saturated rings. The Labute approximate surface area is 228 Å². The number of carboxylic acid groups (broad SMARTS) is 1. The number of nitrogens with one attached hydrogen (secondary N) is 1. The molecule has 3 amide bonds. The minimum absolute atomic E-state index is 0. The Hall–Kier alpha value is -2.36. The second kappa shape index (κ2) is 11.9. The van der Waals surface area contributed by atoms with E-state index in [0.717, 1.165) is 4.90 Å².